The Bertz CT molecular complexity index is 1010. The number of aryl methyl sites for hydroxylation is 1. The zero-order valence-electron chi connectivity index (χ0n) is 13.4. The van der Waals surface area contributed by atoms with Gasteiger partial charge in [0, 0.05) is 17.5 Å². The highest BCUT2D eigenvalue weighted by molar-refractivity contribution is 7.22. The van der Waals surface area contributed by atoms with Crippen LogP contribution in [0.25, 0.3) is 21.2 Å². The Morgan fingerprint density at radius 1 is 1.17 bits per heavy atom. The fourth-order valence-corrected chi connectivity index (χ4v) is 3.87. The van der Waals surface area contributed by atoms with E-state index in [4.69, 9.17) is 4.42 Å². The molecule has 4 aromatic rings. The van der Waals surface area contributed by atoms with Gasteiger partial charge in [-0.05, 0) is 32.0 Å². The summed E-state index contributed by atoms with van der Waals surface area (Å²) < 4.78 is 6.89. The number of furan rings is 1. The van der Waals surface area contributed by atoms with Crippen molar-refractivity contribution in [2.45, 2.75) is 13.8 Å². The Morgan fingerprint density at radius 3 is 2.67 bits per heavy atom. The molecule has 0 bridgehead atoms. The molecule has 0 aliphatic heterocycles. The lowest BCUT2D eigenvalue weighted by Crippen LogP contribution is -2.30. The molecular formula is C19H16N2O2S. The maximum atomic E-state index is 13.0. The SMILES string of the molecule is CCN(C(=O)c1oc2ccccc2c1C)c1nc2ccccc2s1. The Hall–Kier alpha value is -2.66. The van der Waals surface area contributed by atoms with E-state index in [1.54, 1.807) is 4.90 Å². The van der Waals surface area contributed by atoms with Crippen LogP contribution < -0.4 is 4.90 Å². The maximum absolute atomic E-state index is 13.0. The maximum Gasteiger partial charge on any atom is 0.296 e. The van der Waals surface area contributed by atoms with Gasteiger partial charge in [-0.15, -0.1) is 0 Å². The highest BCUT2D eigenvalue weighted by atomic mass is 32.1. The van der Waals surface area contributed by atoms with Crippen molar-refractivity contribution in [3.05, 3.63) is 59.9 Å². The van der Waals surface area contributed by atoms with E-state index >= 15 is 0 Å². The van der Waals surface area contributed by atoms with E-state index in [0.717, 1.165) is 26.7 Å². The molecule has 0 N–H and O–H groups in total. The van der Waals surface area contributed by atoms with Crippen LogP contribution in [0.15, 0.2) is 52.9 Å². The van der Waals surface area contributed by atoms with Gasteiger partial charge in [0.1, 0.15) is 5.58 Å². The number of para-hydroxylation sites is 2. The number of nitrogens with zero attached hydrogens (tertiary/aromatic N) is 2. The number of aromatic nitrogens is 1. The monoisotopic (exact) mass is 336 g/mol. The van der Waals surface area contributed by atoms with E-state index in [9.17, 15) is 4.79 Å². The molecule has 0 fully saturated rings. The van der Waals surface area contributed by atoms with Crippen LogP contribution >= 0.6 is 11.3 Å². The first-order chi connectivity index (χ1) is 11.7. The minimum atomic E-state index is -0.148. The molecule has 1 amide bonds. The van der Waals surface area contributed by atoms with Crippen LogP contribution in [-0.4, -0.2) is 17.4 Å². The van der Waals surface area contributed by atoms with Crippen LogP contribution in [0.4, 0.5) is 5.13 Å². The molecule has 0 unspecified atom stereocenters. The first-order valence-electron chi connectivity index (χ1n) is 7.84. The quantitative estimate of drug-likeness (QED) is 0.528. The summed E-state index contributed by atoms with van der Waals surface area (Å²) in [6.07, 6.45) is 0. The van der Waals surface area contributed by atoms with E-state index < -0.39 is 0 Å². The van der Waals surface area contributed by atoms with Crippen molar-refractivity contribution in [3.63, 3.8) is 0 Å². The number of thiazole rings is 1. The van der Waals surface area contributed by atoms with E-state index in [0.29, 0.717) is 17.4 Å². The van der Waals surface area contributed by atoms with Gasteiger partial charge in [-0.2, -0.15) is 0 Å². The van der Waals surface area contributed by atoms with Gasteiger partial charge in [0.15, 0.2) is 10.9 Å². The number of fused-ring (bicyclic) bond motifs is 2. The first-order valence-corrected chi connectivity index (χ1v) is 8.66. The lowest BCUT2D eigenvalue weighted by Gasteiger charge is -2.16. The van der Waals surface area contributed by atoms with E-state index in [-0.39, 0.29) is 5.91 Å². The Morgan fingerprint density at radius 2 is 1.92 bits per heavy atom. The van der Waals surface area contributed by atoms with Gasteiger partial charge in [0.25, 0.3) is 5.91 Å². The molecule has 5 heteroatoms. The normalized spacial score (nSPS) is 11.2. The number of benzene rings is 2. The molecule has 2 aromatic carbocycles. The van der Waals surface area contributed by atoms with E-state index in [1.807, 2.05) is 62.4 Å². The molecule has 0 saturated carbocycles. The molecule has 0 atom stereocenters. The molecule has 0 saturated heterocycles. The fraction of sp³-hybridized carbons (Fsp3) is 0.158. The summed E-state index contributed by atoms with van der Waals surface area (Å²) in [4.78, 5) is 19.3. The average molecular weight is 336 g/mol. The van der Waals surface area contributed by atoms with Gasteiger partial charge in [-0.3, -0.25) is 9.69 Å². The lowest BCUT2D eigenvalue weighted by molar-refractivity contribution is 0.0963. The molecule has 2 heterocycles. The molecule has 4 rings (SSSR count). The number of hydrogen-bond acceptors (Lipinski definition) is 4. The summed E-state index contributed by atoms with van der Waals surface area (Å²) in [5, 5.41) is 1.67. The van der Waals surface area contributed by atoms with Crippen LogP contribution in [0.3, 0.4) is 0 Å². The number of anilines is 1. The average Bonchev–Trinajstić information content (AvgIpc) is 3.17. The van der Waals surface area contributed by atoms with Crippen LogP contribution in [0, 0.1) is 6.92 Å². The van der Waals surface area contributed by atoms with Crippen LogP contribution in [0.5, 0.6) is 0 Å². The summed E-state index contributed by atoms with van der Waals surface area (Å²) in [6.45, 7) is 4.41. The molecule has 24 heavy (non-hydrogen) atoms. The lowest BCUT2D eigenvalue weighted by atomic mass is 10.1. The third kappa shape index (κ3) is 2.29. The number of carbonyl (C=O) groups is 1. The summed E-state index contributed by atoms with van der Waals surface area (Å²) in [5.41, 5.74) is 2.51. The van der Waals surface area contributed by atoms with E-state index in [2.05, 4.69) is 4.98 Å². The number of amides is 1. The number of carbonyl (C=O) groups excluding carboxylic acids is 1. The molecule has 0 spiro atoms. The largest absolute Gasteiger partial charge is 0.451 e. The smallest absolute Gasteiger partial charge is 0.296 e. The Labute approximate surface area is 143 Å². The highest BCUT2D eigenvalue weighted by Crippen LogP contribution is 2.31. The topological polar surface area (TPSA) is 46.3 Å². The van der Waals surface area contributed by atoms with Crippen LogP contribution in [-0.2, 0) is 0 Å². The van der Waals surface area contributed by atoms with E-state index in [1.165, 1.54) is 11.3 Å². The summed E-state index contributed by atoms with van der Waals surface area (Å²) in [5.74, 6) is 0.238. The van der Waals surface area contributed by atoms with Gasteiger partial charge in [0.2, 0.25) is 0 Å². The Balaban J connectivity index is 1.79. The van der Waals surface area contributed by atoms with Gasteiger partial charge in [-0.1, -0.05) is 41.7 Å². The number of hydrogen-bond donors (Lipinski definition) is 0. The van der Waals surface area contributed by atoms with Gasteiger partial charge in [0.05, 0.1) is 10.2 Å². The van der Waals surface area contributed by atoms with Crippen molar-refractivity contribution in [1.29, 1.82) is 0 Å². The minimum absolute atomic E-state index is 0.148. The predicted molar refractivity (Wildman–Crippen MR) is 97.9 cm³/mol. The van der Waals surface area contributed by atoms with Crippen molar-refractivity contribution in [2.24, 2.45) is 0 Å². The third-order valence-corrected chi connectivity index (χ3v) is 5.17. The van der Waals surface area contributed by atoms with Crippen LogP contribution in [0.2, 0.25) is 0 Å². The van der Waals surface area contributed by atoms with Gasteiger partial charge in [-0.25, -0.2) is 4.98 Å². The third-order valence-electron chi connectivity index (χ3n) is 4.11. The second kappa shape index (κ2) is 5.76. The molecular weight excluding hydrogens is 320 g/mol. The molecule has 0 aliphatic rings. The zero-order chi connectivity index (χ0) is 16.7. The first kappa shape index (κ1) is 14.9. The summed E-state index contributed by atoms with van der Waals surface area (Å²) in [6, 6.07) is 15.6. The highest BCUT2D eigenvalue weighted by Gasteiger charge is 2.25. The molecule has 0 aliphatic carbocycles. The van der Waals surface area contributed by atoms with Gasteiger partial charge >= 0.3 is 0 Å². The summed E-state index contributed by atoms with van der Waals surface area (Å²) >= 11 is 1.52. The zero-order valence-corrected chi connectivity index (χ0v) is 14.3. The fourth-order valence-electron chi connectivity index (χ4n) is 2.84. The minimum Gasteiger partial charge on any atom is -0.451 e. The van der Waals surface area contributed by atoms with Gasteiger partial charge < -0.3 is 4.42 Å². The molecule has 4 nitrogen and oxygen atoms in total. The summed E-state index contributed by atoms with van der Waals surface area (Å²) in [7, 11) is 0. The van der Waals surface area contributed by atoms with Crippen molar-refractivity contribution in [2.75, 3.05) is 11.4 Å². The predicted octanol–water partition coefficient (Wildman–Crippen LogP) is 5.02. The Kier molecular flexibility index (Phi) is 3.58. The van der Waals surface area contributed by atoms with Crippen molar-refractivity contribution < 1.29 is 9.21 Å². The van der Waals surface area contributed by atoms with Crippen LogP contribution in [0.1, 0.15) is 23.0 Å². The second-order valence-electron chi connectivity index (χ2n) is 5.57. The molecule has 120 valence electrons. The molecule has 0 radical (unpaired) electrons. The second-order valence-corrected chi connectivity index (χ2v) is 6.58. The number of rotatable bonds is 3. The molecule has 2 aromatic heterocycles. The van der Waals surface area contributed by atoms with Crippen molar-refractivity contribution in [3.8, 4) is 0 Å². The van der Waals surface area contributed by atoms with Crippen molar-refractivity contribution in [1.82, 2.24) is 4.98 Å². The van der Waals surface area contributed by atoms with Crippen molar-refractivity contribution >= 4 is 43.6 Å². The standard InChI is InChI=1S/C19H16N2O2S/c1-3-21(19-20-14-9-5-7-11-16(14)24-19)18(22)17-12(2)13-8-4-6-10-15(13)23-17/h4-11H,3H2,1-2H3.